The molecule has 1 saturated carbocycles. The second kappa shape index (κ2) is 8.43. The first-order valence-electron chi connectivity index (χ1n) is 8.90. The van der Waals surface area contributed by atoms with Gasteiger partial charge in [0.25, 0.3) is 5.91 Å². The molecular weight excluding hydrogens is 371 g/mol. The number of rotatable bonds is 7. The standard InChI is InChI=1S/C20H20F3N3O2/c21-20(22,23)15-4-2-6-17(10-15)26-19(28)14-3-1-5-16(9-14)25-18(27)12-24-11-13-7-8-13/h1-6,9-10,13,24H,7-8,11-12H2,(H,25,27)(H,26,28). The highest BCUT2D eigenvalue weighted by Gasteiger charge is 2.30. The van der Waals surface area contributed by atoms with Gasteiger partial charge in [-0.25, -0.2) is 0 Å². The molecule has 1 fully saturated rings. The van der Waals surface area contributed by atoms with Crippen molar-refractivity contribution in [1.29, 1.82) is 0 Å². The molecular formula is C20H20F3N3O2. The number of nitrogens with one attached hydrogen (secondary N) is 3. The van der Waals surface area contributed by atoms with E-state index in [2.05, 4.69) is 16.0 Å². The van der Waals surface area contributed by atoms with Crippen molar-refractivity contribution in [2.24, 2.45) is 5.92 Å². The van der Waals surface area contributed by atoms with Crippen LogP contribution in [0.4, 0.5) is 24.5 Å². The highest BCUT2D eigenvalue weighted by Crippen LogP contribution is 2.30. The maximum Gasteiger partial charge on any atom is 0.416 e. The lowest BCUT2D eigenvalue weighted by molar-refractivity contribution is -0.137. The summed E-state index contributed by atoms with van der Waals surface area (Å²) in [7, 11) is 0. The molecule has 0 saturated heterocycles. The lowest BCUT2D eigenvalue weighted by Gasteiger charge is -2.11. The summed E-state index contributed by atoms with van der Waals surface area (Å²) in [4.78, 5) is 24.3. The minimum Gasteiger partial charge on any atom is -0.325 e. The predicted molar refractivity (Wildman–Crippen MR) is 100 cm³/mol. The van der Waals surface area contributed by atoms with Crippen molar-refractivity contribution in [2.75, 3.05) is 23.7 Å². The maximum atomic E-state index is 12.8. The molecule has 8 heteroatoms. The van der Waals surface area contributed by atoms with Crippen LogP contribution in [-0.4, -0.2) is 24.9 Å². The second-order valence-corrected chi connectivity index (χ2v) is 6.74. The van der Waals surface area contributed by atoms with Crippen molar-refractivity contribution in [3.05, 3.63) is 59.7 Å². The van der Waals surface area contributed by atoms with E-state index in [0.717, 1.165) is 18.7 Å². The zero-order chi connectivity index (χ0) is 20.1. The summed E-state index contributed by atoms with van der Waals surface area (Å²) in [6, 6.07) is 10.6. The van der Waals surface area contributed by atoms with Crippen LogP contribution in [0.15, 0.2) is 48.5 Å². The van der Waals surface area contributed by atoms with Crippen LogP contribution in [0.3, 0.4) is 0 Å². The molecule has 0 aliphatic heterocycles. The van der Waals surface area contributed by atoms with Crippen LogP contribution in [0.5, 0.6) is 0 Å². The van der Waals surface area contributed by atoms with Gasteiger partial charge in [0, 0.05) is 16.9 Å². The number of hydrogen-bond donors (Lipinski definition) is 3. The molecule has 0 atom stereocenters. The molecule has 3 rings (SSSR count). The van der Waals surface area contributed by atoms with Gasteiger partial charge in [-0.05, 0) is 61.7 Å². The van der Waals surface area contributed by atoms with E-state index < -0.39 is 17.6 Å². The van der Waals surface area contributed by atoms with Crippen LogP contribution in [0.1, 0.15) is 28.8 Å². The van der Waals surface area contributed by atoms with E-state index >= 15 is 0 Å². The molecule has 0 spiro atoms. The Balaban J connectivity index is 1.59. The van der Waals surface area contributed by atoms with Crippen LogP contribution in [0, 0.1) is 5.92 Å². The summed E-state index contributed by atoms with van der Waals surface area (Å²) in [5, 5.41) is 8.21. The summed E-state index contributed by atoms with van der Waals surface area (Å²) in [6.45, 7) is 0.990. The SMILES string of the molecule is O=C(CNCC1CC1)Nc1cccc(C(=O)Nc2cccc(C(F)(F)F)c2)c1. The van der Waals surface area contributed by atoms with E-state index in [0.29, 0.717) is 11.6 Å². The molecule has 0 aromatic heterocycles. The van der Waals surface area contributed by atoms with Gasteiger partial charge in [0.1, 0.15) is 0 Å². The second-order valence-electron chi connectivity index (χ2n) is 6.74. The Morgan fingerprint density at radius 1 is 0.964 bits per heavy atom. The summed E-state index contributed by atoms with van der Waals surface area (Å²) in [5.74, 6) is -0.131. The largest absolute Gasteiger partial charge is 0.416 e. The number of carbonyl (C=O) groups excluding carboxylic acids is 2. The number of benzene rings is 2. The first kappa shape index (κ1) is 19.9. The minimum absolute atomic E-state index is 0.0403. The van der Waals surface area contributed by atoms with Gasteiger partial charge in [0.15, 0.2) is 0 Å². The summed E-state index contributed by atoms with van der Waals surface area (Å²) >= 11 is 0. The Labute approximate surface area is 160 Å². The normalized spacial score (nSPS) is 13.8. The lowest BCUT2D eigenvalue weighted by Crippen LogP contribution is -2.29. The number of carbonyl (C=O) groups is 2. The summed E-state index contributed by atoms with van der Waals surface area (Å²) in [6.07, 6.45) is -2.10. The van der Waals surface area contributed by atoms with Gasteiger partial charge in [0.05, 0.1) is 12.1 Å². The number of amides is 2. The third-order valence-electron chi connectivity index (χ3n) is 4.27. The fraction of sp³-hybridized carbons (Fsp3) is 0.300. The zero-order valence-corrected chi connectivity index (χ0v) is 15.0. The molecule has 2 amide bonds. The number of anilines is 2. The van der Waals surface area contributed by atoms with E-state index in [9.17, 15) is 22.8 Å². The van der Waals surface area contributed by atoms with Gasteiger partial charge in [-0.3, -0.25) is 9.59 Å². The molecule has 0 radical (unpaired) electrons. The van der Waals surface area contributed by atoms with Crippen LogP contribution >= 0.6 is 0 Å². The molecule has 0 heterocycles. The lowest BCUT2D eigenvalue weighted by atomic mass is 10.1. The van der Waals surface area contributed by atoms with Gasteiger partial charge in [0.2, 0.25) is 5.91 Å². The Kier molecular flexibility index (Phi) is 5.99. The maximum absolute atomic E-state index is 12.8. The van der Waals surface area contributed by atoms with Crippen LogP contribution in [-0.2, 0) is 11.0 Å². The Morgan fingerprint density at radius 2 is 1.64 bits per heavy atom. The van der Waals surface area contributed by atoms with E-state index in [1.807, 2.05) is 0 Å². The Hall–Kier alpha value is -2.87. The molecule has 0 bridgehead atoms. The minimum atomic E-state index is -4.49. The quantitative estimate of drug-likeness (QED) is 0.671. The van der Waals surface area contributed by atoms with Gasteiger partial charge < -0.3 is 16.0 Å². The van der Waals surface area contributed by atoms with E-state index in [-0.39, 0.29) is 23.7 Å². The number of alkyl halides is 3. The van der Waals surface area contributed by atoms with Crippen LogP contribution < -0.4 is 16.0 Å². The topological polar surface area (TPSA) is 70.2 Å². The Morgan fingerprint density at radius 3 is 2.32 bits per heavy atom. The molecule has 2 aromatic carbocycles. The van der Waals surface area contributed by atoms with Gasteiger partial charge in [-0.2, -0.15) is 13.2 Å². The average Bonchev–Trinajstić information content (AvgIpc) is 3.46. The van der Waals surface area contributed by atoms with Crippen molar-refractivity contribution < 1.29 is 22.8 Å². The monoisotopic (exact) mass is 391 g/mol. The van der Waals surface area contributed by atoms with Crippen molar-refractivity contribution in [1.82, 2.24) is 5.32 Å². The van der Waals surface area contributed by atoms with Gasteiger partial charge in [-0.15, -0.1) is 0 Å². The molecule has 0 unspecified atom stereocenters. The smallest absolute Gasteiger partial charge is 0.325 e. The zero-order valence-electron chi connectivity index (χ0n) is 15.0. The van der Waals surface area contributed by atoms with E-state index in [1.165, 1.54) is 37.1 Å². The molecule has 1 aliphatic carbocycles. The average molecular weight is 391 g/mol. The van der Waals surface area contributed by atoms with Gasteiger partial charge >= 0.3 is 6.18 Å². The summed E-state index contributed by atoms with van der Waals surface area (Å²) in [5.41, 5.74) is -0.139. The summed E-state index contributed by atoms with van der Waals surface area (Å²) < 4.78 is 38.3. The Bertz CT molecular complexity index is 864. The van der Waals surface area contributed by atoms with Crippen molar-refractivity contribution in [3.63, 3.8) is 0 Å². The highest BCUT2D eigenvalue weighted by atomic mass is 19.4. The first-order valence-corrected chi connectivity index (χ1v) is 8.90. The van der Waals surface area contributed by atoms with Crippen molar-refractivity contribution >= 4 is 23.2 Å². The fourth-order valence-corrected chi connectivity index (χ4v) is 2.63. The molecule has 28 heavy (non-hydrogen) atoms. The van der Waals surface area contributed by atoms with Crippen molar-refractivity contribution in [2.45, 2.75) is 19.0 Å². The molecule has 1 aliphatic rings. The molecule has 3 N–H and O–H groups in total. The highest BCUT2D eigenvalue weighted by molar-refractivity contribution is 6.05. The molecule has 2 aromatic rings. The third-order valence-corrected chi connectivity index (χ3v) is 4.27. The molecule has 5 nitrogen and oxygen atoms in total. The number of hydrogen-bond acceptors (Lipinski definition) is 3. The number of halogens is 3. The fourth-order valence-electron chi connectivity index (χ4n) is 2.63. The third kappa shape index (κ3) is 5.82. The van der Waals surface area contributed by atoms with Crippen molar-refractivity contribution in [3.8, 4) is 0 Å². The van der Waals surface area contributed by atoms with E-state index in [1.54, 1.807) is 12.1 Å². The molecule has 148 valence electrons. The predicted octanol–water partition coefficient (Wildman–Crippen LogP) is 3.90. The first-order chi connectivity index (χ1) is 13.3. The van der Waals surface area contributed by atoms with Gasteiger partial charge in [-0.1, -0.05) is 12.1 Å². The van der Waals surface area contributed by atoms with Crippen LogP contribution in [0.25, 0.3) is 0 Å². The van der Waals surface area contributed by atoms with E-state index in [4.69, 9.17) is 0 Å². The van der Waals surface area contributed by atoms with Crippen LogP contribution in [0.2, 0.25) is 0 Å².